The Labute approximate surface area is 552 Å². The molecule has 89 heavy (non-hydrogen) atoms. The van der Waals surface area contributed by atoms with Crippen LogP contribution in [-0.4, -0.2) is 68.5 Å². The number of nitrogens with one attached hydrogen (secondary N) is 1. The summed E-state index contributed by atoms with van der Waals surface area (Å²) < 4.78 is 23.5. The van der Waals surface area contributed by atoms with E-state index in [0.717, 1.165) is 83.5 Å². The molecule has 0 aromatic heterocycles. The van der Waals surface area contributed by atoms with Gasteiger partial charge in [-0.3, -0.25) is 9.36 Å². The Morgan fingerprint density at radius 1 is 0.404 bits per heavy atom. The Bertz CT molecular complexity index is 1820. The highest BCUT2D eigenvalue weighted by Gasteiger charge is 2.23. The standard InChI is InChI=1S/C80H145N2O6P/c1-6-8-10-12-14-16-18-20-22-24-26-28-30-32-34-36-38-40-41-42-44-46-48-50-52-54-56-58-60-62-64-66-68-70-72-74-80(84)81-78(77-88-89(85,86)87-76-75-82(3,4)5)79(83)73-71-69-67-65-63-61-59-57-55-53-51-49-47-45-43-39-37-35-33-31-29-27-25-23-21-19-17-15-13-11-9-7-2/h8,10,14,16,20,22,26,28,32,34,38,40,55,57,63,65,71,73,78-79,83H,6-7,9,11-13,15,17-19,21,23-25,27,29-31,33,35-37,39,41-54,56,58-62,64,66-70,72,74-77H2,1-5H3,(H-,81,84,85,86)/b10-8-,16-14-,22-20-,28-26-,34-32-,40-38-,57-55+,65-63+,73-71+. The zero-order valence-electron chi connectivity index (χ0n) is 59.1. The largest absolute Gasteiger partial charge is 0.756 e. The smallest absolute Gasteiger partial charge is 0.268 e. The fourth-order valence-electron chi connectivity index (χ4n) is 10.9. The molecule has 0 aliphatic rings. The van der Waals surface area contributed by atoms with Gasteiger partial charge in [-0.05, 0) is 96.3 Å². The molecule has 3 unspecified atom stereocenters. The molecule has 0 saturated heterocycles. The van der Waals surface area contributed by atoms with Crippen LogP contribution in [0, 0.1) is 0 Å². The number of allylic oxidation sites excluding steroid dienone is 17. The first kappa shape index (κ1) is 86.2. The zero-order valence-corrected chi connectivity index (χ0v) is 60.0. The fourth-order valence-corrected chi connectivity index (χ4v) is 11.6. The minimum atomic E-state index is -4.62. The van der Waals surface area contributed by atoms with Gasteiger partial charge in [-0.15, -0.1) is 0 Å². The van der Waals surface area contributed by atoms with Crippen LogP contribution in [0.25, 0.3) is 0 Å². The van der Waals surface area contributed by atoms with E-state index in [1.54, 1.807) is 6.08 Å². The number of likely N-dealkylation sites (N-methyl/N-ethyl adjacent to an activating group) is 1. The molecule has 0 fully saturated rings. The lowest BCUT2D eigenvalue weighted by Crippen LogP contribution is -2.45. The summed E-state index contributed by atoms with van der Waals surface area (Å²) in [4.78, 5) is 25.7. The number of quaternary nitrogens is 1. The number of phosphoric acid groups is 1. The van der Waals surface area contributed by atoms with Gasteiger partial charge in [0, 0.05) is 6.42 Å². The van der Waals surface area contributed by atoms with Crippen molar-refractivity contribution < 1.29 is 32.9 Å². The maximum Gasteiger partial charge on any atom is 0.268 e. The second-order valence-electron chi connectivity index (χ2n) is 26.6. The van der Waals surface area contributed by atoms with Crippen molar-refractivity contribution in [3.05, 3.63) is 109 Å². The number of amides is 1. The Balaban J connectivity index is 4.09. The minimum absolute atomic E-state index is 0.0122. The summed E-state index contributed by atoms with van der Waals surface area (Å²) in [5.41, 5.74) is 0. The van der Waals surface area contributed by atoms with Gasteiger partial charge in [0.2, 0.25) is 5.91 Å². The van der Waals surface area contributed by atoms with Crippen molar-refractivity contribution in [3.63, 3.8) is 0 Å². The third-order valence-corrected chi connectivity index (χ3v) is 17.7. The number of aliphatic hydroxyl groups excluding tert-OH is 1. The monoisotopic (exact) mass is 1260 g/mol. The summed E-state index contributed by atoms with van der Waals surface area (Å²) in [7, 11) is 1.24. The number of hydrogen-bond donors (Lipinski definition) is 2. The Morgan fingerprint density at radius 3 is 1.04 bits per heavy atom. The molecule has 0 rings (SSSR count). The van der Waals surface area contributed by atoms with Crippen LogP contribution in [0.3, 0.4) is 0 Å². The molecule has 9 heteroatoms. The summed E-state index contributed by atoms with van der Waals surface area (Å²) in [6.45, 7) is 4.54. The third-order valence-electron chi connectivity index (χ3n) is 16.7. The van der Waals surface area contributed by atoms with Crippen LogP contribution in [0.15, 0.2) is 109 Å². The van der Waals surface area contributed by atoms with Gasteiger partial charge < -0.3 is 28.8 Å². The van der Waals surface area contributed by atoms with E-state index in [-0.39, 0.29) is 12.5 Å². The van der Waals surface area contributed by atoms with E-state index in [1.165, 1.54) is 238 Å². The first-order valence-electron chi connectivity index (χ1n) is 37.7. The SMILES string of the molecule is CC/C=C\C/C=C\C/C=C\C/C=C\C/C=C\C/C=C\CCCCCCCCCCCCCCCCCCC(=O)NC(COP(=O)([O-])OCC[N+](C)(C)C)C(O)/C=C/CC/C=C/CC/C=C/CCCCCCCCCCCCCCCCCCCCCCCC. The maximum absolute atomic E-state index is 13.1. The Morgan fingerprint density at radius 2 is 0.697 bits per heavy atom. The van der Waals surface area contributed by atoms with Gasteiger partial charge in [0.1, 0.15) is 13.2 Å². The van der Waals surface area contributed by atoms with Crippen molar-refractivity contribution in [2.45, 2.75) is 353 Å². The first-order valence-corrected chi connectivity index (χ1v) is 39.2. The number of carbonyl (C=O) groups is 1. The predicted octanol–water partition coefficient (Wildman–Crippen LogP) is 24.0. The normalized spacial score (nSPS) is 14.2. The molecule has 8 nitrogen and oxygen atoms in total. The van der Waals surface area contributed by atoms with Crippen molar-refractivity contribution in [2.75, 3.05) is 40.9 Å². The van der Waals surface area contributed by atoms with Crippen molar-refractivity contribution in [2.24, 2.45) is 0 Å². The molecule has 516 valence electrons. The quantitative estimate of drug-likeness (QED) is 0.0272. The number of phosphoric ester groups is 1. The minimum Gasteiger partial charge on any atom is -0.756 e. The first-order chi connectivity index (χ1) is 43.5. The van der Waals surface area contributed by atoms with E-state index in [9.17, 15) is 19.4 Å². The van der Waals surface area contributed by atoms with Gasteiger partial charge in [0.05, 0.1) is 39.9 Å². The highest BCUT2D eigenvalue weighted by molar-refractivity contribution is 7.45. The Kier molecular flexibility index (Phi) is 67.3. The van der Waals surface area contributed by atoms with Crippen LogP contribution in [0.5, 0.6) is 0 Å². The number of aliphatic hydroxyl groups is 1. The van der Waals surface area contributed by atoms with Crippen molar-refractivity contribution in [1.82, 2.24) is 5.32 Å². The molecular formula is C80H145N2O6P. The number of hydrogen-bond acceptors (Lipinski definition) is 6. The molecule has 0 saturated carbocycles. The van der Waals surface area contributed by atoms with Crippen LogP contribution >= 0.6 is 7.82 Å². The topological polar surface area (TPSA) is 108 Å². The van der Waals surface area contributed by atoms with Crippen molar-refractivity contribution in [1.29, 1.82) is 0 Å². The number of nitrogens with zero attached hydrogens (tertiary/aromatic N) is 1. The summed E-state index contributed by atoms with van der Waals surface area (Å²) >= 11 is 0. The van der Waals surface area contributed by atoms with E-state index < -0.39 is 26.6 Å². The van der Waals surface area contributed by atoms with Gasteiger partial charge in [-0.1, -0.05) is 348 Å². The number of rotatable bonds is 69. The van der Waals surface area contributed by atoms with Crippen LogP contribution in [-0.2, 0) is 18.4 Å². The van der Waals surface area contributed by atoms with Crippen LogP contribution < -0.4 is 10.2 Å². The van der Waals surface area contributed by atoms with Crippen LogP contribution in [0.4, 0.5) is 0 Å². The van der Waals surface area contributed by atoms with Gasteiger partial charge in [0.15, 0.2) is 0 Å². The summed E-state index contributed by atoms with van der Waals surface area (Å²) in [6, 6.07) is -0.918. The van der Waals surface area contributed by atoms with Gasteiger partial charge in [-0.2, -0.15) is 0 Å². The molecular weight excluding hydrogens is 1120 g/mol. The molecule has 0 bridgehead atoms. The van der Waals surface area contributed by atoms with Crippen LogP contribution in [0.2, 0.25) is 0 Å². The summed E-state index contributed by atoms with van der Waals surface area (Å²) in [5, 5.41) is 14.0. The lowest BCUT2D eigenvalue weighted by atomic mass is 10.0. The van der Waals surface area contributed by atoms with Gasteiger partial charge in [-0.25, -0.2) is 0 Å². The molecule has 0 aromatic rings. The number of carbonyl (C=O) groups excluding carboxylic acids is 1. The van der Waals surface area contributed by atoms with Crippen molar-refractivity contribution in [3.8, 4) is 0 Å². The molecule has 0 spiro atoms. The van der Waals surface area contributed by atoms with Gasteiger partial charge in [0.25, 0.3) is 7.82 Å². The number of unbranched alkanes of at least 4 members (excludes halogenated alkanes) is 40. The summed E-state index contributed by atoms with van der Waals surface area (Å²) in [5.74, 6) is -0.211. The molecule has 0 aliphatic carbocycles. The van der Waals surface area contributed by atoms with Crippen molar-refractivity contribution >= 4 is 13.7 Å². The molecule has 0 aliphatic heterocycles. The average molecular weight is 1260 g/mol. The van der Waals surface area contributed by atoms with E-state index >= 15 is 0 Å². The maximum atomic E-state index is 13.1. The lowest BCUT2D eigenvalue weighted by molar-refractivity contribution is -0.870. The molecule has 0 heterocycles. The third kappa shape index (κ3) is 72.4. The Hall–Kier alpha value is -2.84. The molecule has 3 atom stereocenters. The summed E-state index contributed by atoms with van der Waals surface area (Å²) in [6.07, 6.45) is 102. The molecule has 2 N–H and O–H groups in total. The molecule has 1 amide bonds. The predicted molar refractivity (Wildman–Crippen MR) is 389 cm³/mol. The highest BCUT2D eigenvalue weighted by Crippen LogP contribution is 2.38. The van der Waals surface area contributed by atoms with Crippen LogP contribution in [0.1, 0.15) is 341 Å². The molecule has 0 radical (unpaired) electrons. The average Bonchev–Trinajstić information content (AvgIpc) is 3.64. The van der Waals surface area contributed by atoms with E-state index in [4.69, 9.17) is 9.05 Å². The second-order valence-corrected chi connectivity index (χ2v) is 28.0. The van der Waals surface area contributed by atoms with E-state index in [0.29, 0.717) is 17.4 Å². The zero-order chi connectivity index (χ0) is 64.8. The van der Waals surface area contributed by atoms with E-state index in [2.05, 4.69) is 116 Å². The second kappa shape index (κ2) is 69.5. The van der Waals surface area contributed by atoms with E-state index in [1.807, 2.05) is 27.2 Å². The highest BCUT2D eigenvalue weighted by atomic mass is 31.2. The molecule has 0 aromatic carbocycles. The lowest BCUT2D eigenvalue weighted by Gasteiger charge is -2.29. The fraction of sp³-hybridized carbons (Fsp3) is 0.762. The van der Waals surface area contributed by atoms with Gasteiger partial charge >= 0.3 is 0 Å².